The predicted molar refractivity (Wildman–Crippen MR) is 67.7 cm³/mol. The van der Waals surface area contributed by atoms with Crippen LogP contribution in [0.5, 0.6) is 0 Å². The van der Waals surface area contributed by atoms with Crippen molar-refractivity contribution < 1.29 is 4.79 Å². The molecule has 1 fully saturated rings. The van der Waals surface area contributed by atoms with Crippen molar-refractivity contribution >= 4 is 23.5 Å². The minimum absolute atomic E-state index is 0.173. The van der Waals surface area contributed by atoms with Crippen molar-refractivity contribution in [3.63, 3.8) is 0 Å². The highest BCUT2D eigenvalue weighted by Crippen LogP contribution is 2.17. The first kappa shape index (κ1) is 12.1. The van der Waals surface area contributed by atoms with Crippen LogP contribution in [0.3, 0.4) is 0 Å². The molecular weight excluding hydrogens is 238 g/mol. The zero-order valence-electron chi connectivity index (χ0n) is 9.35. The summed E-state index contributed by atoms with van der Waals surface area (Å²) in [6.07, 6.45) is 5.04. The summed E-state index contributed by atoms with van der Waals surface area (Å²) in [5.74, 6) is 7.59. The Morgan fingerprint density at radius 1 is 1.47 bits per heavy atom. The highest BCUT2D eigenvalue weighted by molar-refractivity contribution is 7.99. The van der Waals surface area contributed by atoms with Gasteiger partial charge in [-0.05, 0) is 18.6 Å². The van der Waals surface area contributed by atoms with E-state index >= 15 is 0 Å². The number of nitrogens with one attached hydrogen (secondary N) is 2. The van der Waals surface area contributed by atoms with E-state index in [0.29, 0.717) is 11.5 Å². The molecule has 6 nitrogen and oxygen atoms in total. The molecule has 92 valence electrons. The van der Waals surface area contributed by atoms with Crippen molar-refractivity contribution in [1.29, 1.82) is 0 Å². The summed E-state index contributed by atoms with van der Waals surface area (Å²) in [5, 5.41) is 2.96. The molecule has 7 heteroatoms. The van der Waals surface area contributed by atoms with Gasteiger partial charge in [-0.1, -0.05) is 0 Å². The number of nitrogens with zero attached hydrogens (tertiary/aromatic N) is 2. The molecule has 0 aromatic carbocycles. The number of carbonyl (C=O) groups is 1. The Bertz CT molecular complexity index is 377. The van der Waals surface area contributed by atoms with Crippen LogP contribution in [0.2, 0.25) is 0 Å². The second-order valence-corrected chi connectivity index (χ2v) is 4.97. The van der Waals surface area contributed by atoms with E-state index in [2.05, 4.69) is 20.7 Å². The van der Waals surface area contributed by atoms with Crippen LogP contribution < -0.4 is 16.6 Å². The number of nitrogen functional groups attached to an aromatic ring is 1. The molecular formula is C10H15N5OS. The van der Waals surface area contributed by atoms with Crippen molar-refractivity contribution in [2.45, 2.75) is 18.9 Å². The largest absolute Gasteiger partial charge is 0.347 e. The van der Waals surface area contributed by atoms with E-state index in [1.807, 2.05) is 11.8 Å². The maximum Gasteiger partial charge on any atom is 0.271 e. The van der Waals surface area contributed by atoms with Crippen LogP contribution >= 0.6 is 11.8 Å². The zero-order chi connectivity index (χ0) is 12.1. The Labute approximate surface area is 104 Å². The van der Waals surface area contributed by atoms with Gasteiger partial charge in [-0.15, -0.1) is 0 Å². The summed E-state index contributed by atoms with van der Waals surface area (Å²) in [7, 11) is 0. The second kappa shape index (κ2) is 5.83. The Morgan fingerprint density at radius 3 is 2.94 bits per heavy atom. The number of hydrogen-bond donors (Lipinski definition) is 3. The van der Waals surface area contributed by atoms with Crippen molar-refractivity contribution in [2.24, 2.45) is 5.84 Å². The highest BCUT2D eigenvalue weighted by atomic mass is 32.2. The summed E-state index contributed by atoms with van der Waals surface area (Å²) in [6.45, 7) is 0. The summed E-state index contributed by atoms with van der Waals surface area (Å²) in [5.41, 5.74) is 2.68. The fourth-order valence-corrected chi connectivity index (χ4v) is 2.71. The molecule has 1 atom stereocenters. The van der Waals surface area contributed by atoms with Crippen LogP contribution in [0.15, 0.2) is 12.4 Å². The third kappa shape index (κ3) is 3.31. The fourth-order valence-electron chi connectivity index (χ4n) is 1.63. The van der Waals surface area contributed by atoms with Gasteiger partial charge in [0, 0.05) is 11.8 Å². The van der Waals surface area contributed by atoms with Crippen LogP contribution in [-0.4, -0.2) is 33.4 Å². The van der Waals surface area contributed by atoms with Crippen LogP contribution in [0, 0.1) is 0 Å². The normalized spacial score (nSPS) is 19.7. The van der Waals surface area contributed by atoms with E-state index in [9.17, 15) is 4.79 Å². The van der Waals surface area contributed by atoms with Gasteiger partial charge in [-0.2, -0.15) is 11.8 Å². The van der Waals surface area contributed by atoms with Crippen molar-refractivity contribution in [2.75, 3.05) is 16.9 Å². The Morgan fingerprint density at radius 2 is 2.35 bits per heavy atom. The van der Waals surface area contributed by atoms with E-state index in [4.69, 9.17) is 5.84 Å². The van der Waals surface area contributed by atoms with Gasteiger partial charge >= 0.3 is 0 Å². The molecule has 1 unspecified atom stereocenters. The molecule has 1 aromatic rings. The third-order valence-electron chi connectivity index (χ3n) is 2.53. The standard InChI is InChI=1S/C10H15N5OS/c11-15-9-5-12-8(4-13-9)10(16)14-7-2-1-3-17-6-7/h4-5,7H,1-3,6,11H2,(H,13,15)(H,14,16). The maximum atomic E-state index is 11.8. The van der Waals surface area contributed by atoms with Crippen molar-refractivity contribution in [3.05, 3.63) is 18.1 Å². The molecule has 1 amide bonds. The summed E-state index contributed by atoms with van der Waals surface area (Å²) in [6, 6.07) is 0.246. The molecule has 2 rings (SSSR count). The van der Waals surface area contributed by atoms with E-state index in [0.717, 1.165) is 18.6 Å². The average molecular weight is 253 g/mol. The van der Waals surface area contributed by atoms with Gasteiger partial charge in [0.05, 0.1) is 12.4 Å². The molecule has 4 N–H and O–H groups in total. The topological polar surface area (TPSA) is 92.9 Å². The zero-order valence-corrected chi connectivity index (χ0v) is 10.2. The Hall–Kier alpha value is -1.34. The fraction of sp³-hybridized carbons (Fsp3) is 0.500. The van der Waals surface area contributed by atoms with E-state index in [-0.39, 0.29) is 11.9 Å². The number of rotatable bonds is 3. The smallest absolute Gasteiger partial charge is 0.271 e. The average Bonchev–Trinajstić information content (AvgIpc) is 2.40. The molecule has 0 saturated carbocycles. The summed E-state index contributed by atoms with van der Waals surface area (Å²) in [4.78, 5) is 19.8. The molecule has 2 heterocycles. The van der Waals surface area contributed by atoms with E-state index < -0.39 is 0 Å². The number of carbonyl (C=O) groups excluding carboxylic acids is 1. The van der Waals surface area contributed by atoms with Gasteiger partial charge in [-0.25, -0.2) is 15.8 Å². The summed E-state index contributed by atoms with van der Waals surface area (Å²) < 4.78 is 0. The van der Waals surface area contributed by atoms with Crippen LogP contribution in [0.4, 0.5) is 5.82 Å². The molecule has 0 aliphatic carbocycles. The minimum Gasteiger partial charge on any atom is -0.347 e. The first-order chi connectivity index (χ1) is 8.29. The molecule has 1 aliphatic heterocycles. The van der Waals surface area contributed by atoms with Crippen LogP contribution in [-0.2, 0) is 0 Å². The van der Waals surface area contributed by atoms with Gasteiger partial charge in [-0.3, -0.25) is 4.79 Å². The SMILES string of the molecule is NNc1cnc(C(=O)NC2CCCSC2)cn1. The van der Waals surface area contributed by atoms with Gasteiger partial charge in [0.2, 0.25) is 0 Å². The van der Waals surface area contributed by atoms with Crippen molar-refractivity contribution in [3.8, 4) is 0 Å². The molecule has 0 spiro atoms. The number of hydrogen-bond acceptors (Lipinski definition) is 6. The lowest BCUT2D eigenvalue weighted by Crippen LogP contribution is -2.38. The maximum absolute atomic E-state index is 11.8. The third-order valence-corrected chi connectivity index (χ3v) is 3.74. The van der Waals surface area contributed by atoms with Gasteiger partial charge in [0.1, 0.15) is 5.69 Å². The van der Waals surface area contributed by atoms with E-state index in [1.54, 1.807) is 0 Å². The number of aromatic nitrogens is 2. The highest BCUT2D eigenvalue weighted by Gasteiger charge is 2.17. The van der Waals surface area contributed by atoms with Gasteiger partial charge in [0.25, 0.3) is 5.91 Å². The van der Waals surface area contributed by atoms with Gasteiger partial charge in [0.15, 0.2) is 5.82 Å². The second-order valence-electron chi connectivity index (χ2n) is 3.82. The first-order valence-electron chi connectivity index (χ1n) is 5.47. The number of thioether (sulfide) groups is 1. The number of amides is 1. The van der Waals surface area contributed by atoms with Gasteiger partial charge < -0.3 is 10.7 Å². The molecule has 17 heavy (non-hydrogen) atoms. The van der Waals surface area contributed by atoms with E-state index in [1.165, 1.54) is 18.1 Å². The first-order valence-corrected chi connectivity index (χ1v) is 6.62. The lowest BCUT2D eigenvalue weighted by molar-refractivity contribution is 0.0933. The number of hydrazine groups is 1. The quantitative estimate of drug-likeness (QED) is 0.533. The predicted octanol–water partition coefficient (Wildman–Crippen LogP) is 0.388. The number of anilines is 1. The lowest BCUT2D eigenvalue weighted by Gasteiger charge is -2.22. The molecule has 1 aromatic heterocycles. The van der Waals surface area contributed by atoms with Crippen LogP contribution in [0.25, 0.3) is 0 Å². The monoisotopic (exact) mass is 253 g/mol. The molecule has 0 bridgehead atoms. The molecule has 1 aliphatic rings. The molecule has 1 saturated heterocycles. The Kier molecular flexibility index (Phi) is 4.16. The Balaban J connectivity index is 1.93. The van der Waals surface area contributed by atoms with Crippen molar-refractivity contribution in [1.82, 2.24) is 15.3 Å². The lowest BCUT2D eigenvalue weighted by atomic mass is 10.2. The van der Waals surface area contributed by atoms with Crippen LogP contribution in [0.1, 0.15) is 23.3 Å². The summed E-state index contributed by atoms with van der Waals surface area (Å²) >= 11 is 1.87. The number of nitrogens with two attached hydrogens (primary N) is 1. The molecule has 0 radical (unpaired) electrons. The minimum atomic E-state index is -0.173.